The van der Waals surface area contributed by atoms with Crippen molar-refractivity contribution in [1.29, 1.82) is 0 Å². The van der Waals surface area contributed by atoms with Crippen LogP contribution < -0.4 is 0 Å². The van der Waals surface area contributed by atoms with E-state index in [1.54, 1.807) is 32.1 Å². The van der Waals surface area contributed by atoms with Gasteiger partial charge in [-0.1, -0.05) is 25.7 Å². The lowest BCUT2D eigenvalue weighted by Gasteiger charge is -2.13. The molecular weight excluding hydrogens is 836 g/mol. The minimum Gasteiger partial charge on any atom is -0.480 e. The number of carbonyl (C=O) groups is 16. The summed E-state index contributed by atoms with van der Waals surface area (Å²) in [6, 6.07) is 0. The van der Waals surface area contributed by atoms with Gasteiger partial charge in [0.25, 0.3) is 0 Å². The topological polar surface area (TPSA) is 597 Å². The van der Waals surface area contributed by atoms with Crippen molar-refractivity contribution in [3.8, 4) is 0 Å². The van der Waals surface area contributed by atoms with Gasteiger partial charge >= 0.3 is 117 Å². The molecule has 0 saturated heterocycles. The van der Waals surface area contributed by atoms with Crippen molar-refractivity contribution in [3.63, 3.8) is 0 Å². The molecule has 0 radical (unpaired) electrons. The maximum Gasteiger partial charge on any atom is 0.354 e. The molecule has 0 spiro atoms. The molecule has 0 heterocycles. The van der Waals surface area contributed by atoms with Crippen LogP contribution in [0.4, 0.5) is 0 Å². The first-order chi connectivity index (χ1) is 26.5. The van der Waals surface area contributed by atoms with Gasteiger partial charge in [-0.3, -0.25) is 0 Å². The van der Waals surface area contributed by atoms with Gasteiger partial charge in [-0.05, 0) is 18.3 Å². The molecule has 2 bridgehead atoms. The molecule has 0 atom stereocenters. The van der Waals surface area contributed by atoms with Crippen molar-refractivity contribution < 1.29 is 158 Å². The second-order valence-corrected chi connectivity index (χ2v) is 11.0. The highest BCUT2D eigenvalue weighted by Crippen LogP contribution is 2.43. The zero-order chi connectivity index (χ0) is 47.9. The Hall–Kier alpha value is -8.48. The van der Waals surface area contributed by atoms with E-state index in [1.165, 1.54) is 11.8 Å². The summed E-state index contributed by atoms with van der Waals surface area (Å²) in [5.41, 5.74) is -15.3. The molecule has 2 saturated carbocycles. The number of hydrogen-bond donors (Lipinski definition) is 16. The SMILES string of the molecule is C1CC2CCC1C2.O=C(O)C(C(=O)O)(C(=O)O)C(=O)O.O=C(O)C(C(=O)O)(C(=O)O)C(=O)O.O=C(O)C(C(=O)O)(C(=O)O)C(=O)O.O=C(O)C(C(=O)O)(C(=O)O)C(=O)O. The predicted molar refractivity (Wildman–Crippen MR) is 162 cm³/mol. The molecule has 0 unspecified atom stereocenters. The van der Waals surface area contributed by atoms with Gasteiger partial charge in [-0.2, -0.15) is 0 Å². The van der Waals surface area contributed by atoms with Gasteiger partial charge in [0, 0.05) is 0 Å². The van der Waals surface area contributed by atoms with Gasteiger partial charge in [0.1, 0.15) is 0 Å². The number of carboxylic acids is 16. The van der Waals surface area contributed by atoms with Gasteiger partial charge in [-0.25, -0.2) is 76.7 Å². The molecule has 0 aliphatic heterocycles. The van der Waals surface area contributed by atoms with E-state index in [9.17, 15) is 76.7 Å². The maximum absolute atomic E-state index is 10.2. The largest absolute Gasteiger partial charge is 0.480 e. The van der Waals surface area contributed by atoms with Crippen molar-refractivity contribution in [2.45, 2.75) is 32.1 Å². The summed E-state index contributed by atoms with van der Waals surface area (Å²) in [6.07, 6.45) is 7.82. The Balaban J connectivity index is -0.000000671. The third kappa shape index (κ3) is 10.9. The molecule has 32 nitrogen and oxygen atoms in total. The van der Waals surface area contributed by atoms with Crippen LogP contribution in [0.5, 0.6) is 0 Å². The zero-order valence-electron chi connectivity index (χ0n) is 28.4. The van der Waals surface area contributed by atoms with Crippen LogP contribution in [0.1, 0.15) is 32.1 Å². The fourth-order valence-corrected chi connectivity index (χ4v) is 4.37. The molecule has 2 aliphatic rings. The maximum atomic E-state index is 10.2. The fourth-order valence-electron chi connectivity index (χ4n) is 4.37. The summed E-state index contributed by atoms with van der Waals surface area (Å²) in [5.74, 6) is -37.0. The van der Waals surface area contributed by atoms with Crippen LogP contribution in [0.25, 0.3) is 0 Å². The second kappa shape index (κ2) is 21.0. The molecular formula is C27H28O32. The van der Waals surface area contributed by atoms with Gasteiger partial charge in [-0.15, -0.1) is 0 Å². The molecule has 0 aromatic heterocycles. The predicted octanol–water partition coefficient (Wildman–Crippen LogP) is -4.56. The van der Waals surface area contributed by atoms with Crippen molar-refractivity contribution >= 4 is 95.5 Å². The summed E-state index contributed by atoms with van der Waals surface area (Å²) in [7, 11) is 0. The number of fused-ring (bicyclic) bond motifs is 2. The van der Waals surface area contributed by atoms with Gasteiger partial charge in [0.2, 0.25) is 0 Å². The smallest absolute Gasteiger partial charge is 0.354 e. The third-order valence-corrected chi connectivity index (χ3v) is 7.77. The Bertz CT molecular complexity index is 1330. The summed E-state index contributed by atoms with van der Waals surface area (Å²) < 4.78 is 0. The van der Waals surface area contributed by atoms with E-state index in [4.69, 9.17) is 81.7 Å². The average Bonchev–Trinajstić information content (AvgIpc) is 3.67. The Morgan fingerprint density at radius 3 is 0.322 bits per heavy atom. The molecule has 2 fully saturated rings. The Kier molecular flexibility index (Phi) is 19.5. The summed E-state index contributed by atoms with van der Waals surface area (Å²) in [6.45, 7) is 0. The lowest BCUT2D eigenvalue weighted by atomic mass is 9.89. The van der Waals surface area contributed by atoms with Crippen molar-refractivity contribution in [3.05, 3.63) is 0 Å². The highest BCUT2D eigenvalue weighted by atomic mass is 16.5. The van der Waals surface area contributed by atoms with Gasteiger partial charge < -0.3 is 81.7 Å². The van der Waals surface area contributed by atoms with Gasteiger partial charge in [0.05, 0.1) is 0 Å². The van der Waals surface area contributed by atoms with E-state index in [-0.39, 0.29) is 0 Å². The Labute approximate surface area is 320 Å². The van der Waals surface area contributed by atoms with E-state index >= 15 is 0 Å². The minimum atomic E-state index is -3.83. The third-order valence-electron chi connectivity index (χ3n) is 7.77. The zero-order valence-corrected chi connectivity index (χ0v) is 28.4. The van der Waals surface area contributed by atoms with Crippen LogP contribution in [0.3, 0.4) is 0 Å². The molecule has 328 valence electrons. The number of carboxylic acid groups (broad SMARTS) is 16. The standard InChI is InChI=1S/C7H12.4C5H4O8/c1-2-7-4-3-6(1)5-7;4*6-1(7)5(2(8)9,3(10)11)4(12)13/h6-7H,1-5H2;4*(H,6,7)(H,8,9)(H,10,11)(H,12,13). The van der Waals surface area contributed by atoms with Crippen LogP contribution in [0.2, 0.25) is 0 Å². The second-order valence-electron chi connectivity index (χ2n) is 11.0. The molecule has 2 rings (SSSR count). The lowest BCUT2D eigenvalue weighted by molar-refractivity contribution is -0.187. The van der Waals surface area contributed by atoms with Crippen LogP contribution in [-0.4, -0.2) is 177 Å². The summed E-state index contributed by atoms with van der Waals surface area (Å²) in [4.78, 5) is 163. The average molecular weight is 864 g/mol. The number of aliphatic carboxylic acids is 16. The van der Waals surface area contributed by atoms with Crippen molar-refractivity contribution in [2.75, 3.05) is 0 Å². The summed E-state index contributed by atoms with van der Waals surface area (Å²) in [5, 5.41) is 131. The molecule has 2 aliphatic carbocycles. The van der Waals surface area contributed by atoms with Crippen molar-refractivity contribution in [2.24, 2.45) is 33.5 Å². The molecule has 0 aromatic rings. The first kappa shape index (κ1) is 54.9. The van der Waals surface area contributed by atoms with E-state index in [1.807, 2.05) is 0 Å². The van der Waals surface area contributed by atoms with Crippen LogP contribution >= 0.6 is 0 Å². The minimum absolute atomic E-state index is 1.17. The fraction of sp³-hybridized carbons (Fsp3) is 0.407. The molecule has 32 heteroatoms. The number of rotatable bonds is 16. The van der Waals surface area contributed by atoms with E-state index in [0.717, 1.165) is 0 Å². The number of hydrogen-bond acceptors (Lipinski definition) is 16. The summed E-state index contributed by atoms with van der Waals surface area (Å²) >= 11 is 0. The lowest BCUT2D eigenvalue weighted by Crippen LogP contribution is -2.52. The highest BCUT2D eigenvalue weighted by Gasteiger charge is 2.64. The van der Waals surface area contributed by atoms with Crippen LogP contribution in [0.15, 0.2) is 0 Å². The normalized spacial score (nSPS) is 14.9. The van der Waals surface area contributed by atoms with Gasteiger partial charge in [0.15, 0.2) is 0 Å². The van der Waals surface area contributed by atoms with E-state index < -0.39 is 117 Å². The molecule has 59 heavy (non-hydrogen) atoms. The monoisotopic (exact) mass is 864 g/mol. The van der Waals surface area contributed by atoms with Crippen molar-refractivity contribution in [1.82, 2.24) is 0 Å². The van der Waals surface area contributed by atoms with Crippen LogP contribution in [0, 0.1) is 33.5 Å². The first-order valence-electron chi connectivity index (χ1n) is 14.3. The molecule has 0 amide bonds. The van der Waals surface area contributed by atoms with E-state index in [2.05, 4.69) is 0 Å². The molecule has 16 N–H and O–H groups in total. The van der Waals surface area contributed by atoms with E-state index in [0.29, 0.717) is 0 Å². The van der Waals surface area contributed by atoms with Crippen LogP contribution in [-0.2, 0) is 76.7 Å². The highest BCUT2D eigenvalue weighted by molar-refractivity contribution is 6.33. The Morgan fingerprint density at radius 2 is 0.305 bits per heavy atom. The molecule has 0 aromatic carbocycles. The Morgan fingerprint density at radius 1 is 0.220 bits per heavy atom. The first-order valence-corrected chi connectivity index (χ1v) is 14.3. The quantitative estimate of drug-likeness (QED) is 0.0650.